The largest absolute Gasteiger partial charge is 0.360 e. The van der Waals surface area contributed by atoms with Gasteiger partial charge in [-0.3, -0.25) is 9.59 Å². The van der Waals surface area contributed by atoms with Gasteiger partial charge in [0.1, 0.15) is 17.6 Å². The number of hydrogen-bond donors (Lipinski definition) is 2. The van der Waals surface area contributed by atoms with Crippen LogP contribution in [0, 0.1) is 18.7 Å². The van der Waals surface area contributed by atoms with Gasteiger partial charge in [-0.2, -0.15) is 0 Å². The molecule has 1 aromatic heterocycles. The second-order valence-corrected chi connectivity index (χ2v) is 5.51. The van der Waals surface area contributed by atoms with E-state index >= 15 is 0 Å². The number of carbonyl (C=O) groups is 2. The quantitative estimate of drug-likeness (QED) is 0.887. The number of nitrogens with zero attached hydrogens (tertiary/aromatic N) is 1. The van der Waals surface area contributed by atoms with Gasteiger partial charge >= 0.3 is 0 Å². The first-order chi connectivity index (χ1) is 10.9. The molecule has 2 aromatic rings. The predicted octanol–water partition coefficient (Wildman–Crippen LogP) is 2.52. The van der Waals surface area contributed by atoms with Gasteiger partial charge < -0.3 is 15.2 Å². The van der Waals surface area contributed by atoms with Crippen molar-refractivity contribution in [1.29, 1.82) is 0 Å². The number of rotatable bonds is 5. The lowest BCUT2D eigenvalue weighted by atomic mass is 10.0. The smallest absolute Gasteiger partial charge is 0.251 e. The van der Waals surface area contributed by atoms with E-state index in [9.17, 15) is 14.0 Å². The third kappa shape index (κ3) is 4.38. The third-order valence-electron chi connectivity index (χ3n) is 3.22. The molecule has 0 aliphatic rings. The highest BCUT2D eigenvalue weighted by Crippen LogP contribution is 2.11. The fraction of sp³-hybridized carbons (Fsp3) is 0.312. The molecule has 1 unspecified atom stereocenters. The van der Waals surface area contributed by atoms with E-state index in [1.54, 1.807) is 13.0 Å². The topological polar surface area (TPSA) is 84.2 Å². The summed E-state index contributed by atoms with van der Waals surface area (Å²) in [6, 6.07) is 5.93. The van der Waals surface area contributed by atoms with Crippen LogP contribution in [0.25, 0.3) is 0 Å². The van der Waals surface area contributed by atoms with Gasteiger partial charge in [0.2, 0.25) is 5.91 Å². The zero-order valence-electron chi connectivity index (χ0n) is 13.1. The van der Waals surface area contributed by atoms with E-state index in [4.69, 9.17) is 4.52 Å². The number of carbonyl (C=O) groups excluding carboxylic acids is 2. The summed E-state index contributed by atoms with van der Waals surface area (Å²) in [5, 5.41) is 8.92. The molecule has 122 valence electrons. The van der Waals surface area contributed by atoms with Crippen molar-refractivity contribution in [2.45, 2.75) is 26.8 Å². The van der Waals surface area contributed by atoms with Crippen LogP contribution >= 0.6 is 0 Å². The molecular formula is C16H18FN3O3. The first-order valence-electron chi connectivity index (χ1n) is 7.17. The Labute approximate surface area is 133 Å². The molecule has 1 aromatic carbocycles. The number of anilines is 1. The summed E-state index contributed by atoms with van der Waals surface area (Å²) in [7, 11) is 0. The third-order valence-corrected chi connectivity index (χ3v) is 3.22. The van der Waals surface area contributed by atoms with E-state index in [1.807, 2.05) is 13.8 Å². The van der Waals surface area contributed by atoms with Crippen LogP contribution in [0.3, 0.4) is 0 Å². The maximum absolute atomic E-state index is 12.9. The summed E-state index contributed by atoms with van der Waals surface area (Å²) in [5.74, 6) is -0.571. The van der Waals surface area contributed by atoms with Crippen molar-refractivity contribution in [2.24, 2.45) is 5.92 Å². The SMILES string of the molecule is Cc1cc(NC(=O)C(NC(=O)c2ccc(F)cc2)C(C)C)no1. The number of hydrogen-bond acceptors (Lipinski definition) is 4. The van der Waals surface area contributed by atoms with Crippen molar-refractivity contribution in [3.8, 4) is 0 Å². The molecule has 23 heavy (non-hydrogen) atoms. The maximum atomic E-state index is 12.9. The summed E-state index contributed by atoms with van der Waals surface area (Å²) >= 11 is 0. The van der Waals surface area contributed by atoms with Crippen LogP contribution in [0.2, 0.25) is 0 Å². The Hall–Kier alpha value is -2.70. The van der Waals surface area contributed by atoms with E-state index in [2.05, 4.69) is 15.8 Å². The zero-order valence-corrected chi connectivity index (χ0v) is 13.1. The zero-order chi connectivity index (χ0) is 17.0. The Bertz CT molecular complexity index is 695. The molecule has 6 nitrogen and oxygen atoms in total. The molecule has 0 saturated carbocycles. The molecule has 0 aliphatic heterocycles. The van der Waals surface area contributed by atoms with Gasteiger partial charge in [-0.15, -0.1) is 0 Å². The van der Waals surface area contributed by atoms with Crippen molar-refractivity contribution in [1.82, 2.24) is 10.5 Å². The number of aryl methyl sites for hydroxylation is 1. The Morgan fingerprint density at radius 2 is 1.87 bits per heavy atom. The van der Waals surface area contributed by atoms with Crippen LogP contribution in [0.5, 0.6) is 0 Å². The lowest BCUT2D eigenvalue weighted by Crippen LogP contribution is -2.47. The summed E-state index contributed by atoms with van der Waals surface area (Å²) in [4.78, 5) is 24.5. The molecule has 0 fully saturated rings. The maximum Gasteiger partial charge on any atom is 0.251 e. The van der Waals surface area contributed by atoms with E-state index < -0.39 is 23.7 Å². The van der Waals surface area contributed by atoms with Crippen molar-refractivity contribution in [3.63, 3.8) is 0 Å². The standard InChI is InChI=1S/C16H18FN3O3/c1-9(2)14(16(22)18-13-8-10(3)23-20-13)19-15(21)11-4-6-12(17)7-5-11/h4-9,14H,1-3H3,(H,19,21)(H,18,20,22). The van der Waals surface area contributed by atoms with Crippen LogP contribution in [-0.4, -0.2) is 23.0 Å². The molecule has 1 atom stereocenters. The second kappa shape index (κ2) is 7.04. The molecule has 0 saturated heterocycles. The average molecular weight is 319 g/mol. The minimum atomic E-state index is -0.760. The van der Waals surface area contributed by atoms with Gasteiger partial charge in [0, 0.05) is 11.6 Å². The minimum absolute atomic E-state index is 0.146. The number of benzene rings is 1. The van der Waals surface area contributed by atoms with Crippen LogP contribution in [0.15, 0.2) is 34.9 Å². The molecule has 0 spiro atoms. The normalized spacial score (nSPS) is 12.0. The first kappa shape index (κ1) is 16.7. The number of amides is 2. The van der Waals surface area contributed by atoms with Crippen LogP contribution in [-0.2, 0) is 4.79 Å². The van der Waals surface area contributed by atoms with E-state index in [0.717, 1.165) is 0 Å². The first-order valence-corrected chi connectivity index (χ1v) is 7.17. The van der Waals surface area contributed by atoms with Crippen molar-refractivity contribution < 1.29 is 18.5 Å². The Balaban J connectivity index is 2.07. The molecule has 0 aliphatic carbocycles. The molecule has 7 heteroatoms. The summed E-state index contributed by atoms with van der Waals surface area (Å²) in [5.41, 5.74) is 0.280. The van der Waals surface area contributed by atoms with Gasteiger partial charge in [-0.25, -0.2) is 4.39 Å². The van der Waals surface area contributed by atoms with Crippen molar-refractivity contribution >= 4 is 17.6 Å². The fourth-order valence-electron chi connectivity index (χ4n) is 1.99. The van der Waals surface area contributed by atoms with E-state index in [1.165, 1.54) is 24.3 Å². The Morgan fingerprint density at radius 3 is 2.39 bits per heavy atom. The molecule has 0 bridgehead atoms. The van der Waals surface area contributed by atoms with Crippen LogP contribution < -0.4 is 10.6 Å². The van der Waals surface area contributed by atoms with Gasteiger partial charge in [-0.1, -0.05) is 19.0 Å². The van der Waals surface area contributed by atoms with Crippen LogP contribution in [0.1, 0.15) is 30.0 Å². The molecule has 0 radical (unpaired) electrons. The van der Waals surface area contributed by atoms with Gasteiger partial charge in [0.25, 0.3) is 5.91 Å². The predicted molar refractivity (Wildman–Crippen MR) is 82.4 cm³/mol. The Kier molecular flexibility index (Phi) is 5.10. The molecule has 2 amide bonds. The molecule has 2 rings (SSSR count). The molecule has 2 N–H and O–H groups in total. The monoisotopic (exact) mass is 319 g/mol. The summed E-state index contributed by atoms with van der Waals surface area (Å²) in [6.07, 6.45) is 0. The van der Waals surface area contributed by atoms with E-state index in [0.29, 0.717) is 5.76 Å². The molecule has 1 heterocycles. The lowest BCUT2D eigenvalue weighted by molar-refractivity contribution is -0.118. The molecular weight excluding hydrogens is 301 g/mol. The Morgan fingerprint density at radius 1 is 1.22 bits per heavy atom. The van der Waals surface area contributed by atoms with Crippen molar-refractivity contribution in [2.75, 3.05) is 5.32 Å². The summed E-state index contributed by atoms with van der Waals surface area (Å²) in [6.45, 7) is 5.32. The number of nitrogens with one attached hydrogen (secondary N) is 2. The number of aromatic nitrogens is 1. The van der Waals surface area contributed by atoms with Crippen LogP contribution in [0.4, 0.5) is 10.2 Å². The highest BCUT2D eigenvalue weighted by molar-refractivity contribution is 6.00. The van der Waals surface area contributed by atoms with Gasteiger partial charge in [-0.05, 0) is 37.1 Å². The average Bonchev–Trinajstić information content (AvgIpc) is 2.89. The summed E-state index contributed by atoms with van der Waals surface area (Å²) < 4.78 is 17.8. The minimum Gasteiger partial charge on any atom is -0.360 e. The fourth-order valence-corrected chi connectivity index (χ4v) is 1.99. The number of halogens is 1. The second-order valence-electron chi connectivity index (χ2n) is 5.51. The van der Waals surface area contributed by atoms with E-state index in [-0.39, 0.29) is 17.3 Å². The van der Waals surface area contributed by atoms with Gasteiger partial charge in [0.05, 0.1) is 0 Å². The highest BCUT2D eigenvalue weighted by Gasteiger charge is 2.25. The lowest BCUT2D eigenvalue weighted by Gasteiger charge is -2.21. The van der Waals surface area contributed by atoms with Gasteiger partial charge in [0.15, 0.2) is 5.82 Å². The highest BCUT2D eigenvalue weighted by atomic mass is 19.1. The van der Waals surface area contributed by atoms with Crippen molar-refractivity contribution in [3.05, 3.63) is 47.5 Å².